The molecule has 1 aromatic heterocycles. The SMILES string of the molecule is CCCNC1(c2nc3c(s2)CCC3)CCC(C)C1. The summed E-state index contributed by atoms with van der Waals surface area (Å²) in [6, 6.07) is 0. The topological polar surface area (TPSA) is 24.9 Å². The molecule has 0 aromatic carbocycles. The van der Waals surface area contributed by atoms with Gasteiger partial charge >= 0.3 is 0 Å². The Morgan fingerprint density at radius 3 is 3.00 bits per heavy atom. The van der Waals surface area contributed by atoms with Gasteiger partial charge in [-0.15, -0.1) is 11.3 Å². The standard InChI is InChI=1S/C15H24N2S/c1-3-9-16-15(8-7-11(2)10-15)14-17-12-5-4-6-13(12)18-14/h11,16H,3-10H2,1-2H3. The molecular formula is C15H24N2S. The summed E-state index contributed by atoms with van der Waals surface area (Å²) in [6.45, 7) is 5.76. The average Bonchev–Trinajstić information content (AvgIpc) is 3.00. The molecule has 0 spiro atoms. The van der Waals surface area contributed by atoms with Gasteiger partial charge < -0.3 is 5.32 Å². The fraction of sp³-hybridized carbons (Fsp3) is 0.800. The first kappa shape index (κ1) is 12.6. The zero-order valence-electron chi connectivity index (χ0n) is 11.6. The highest BCUT2D eigenvalue weighted by molar-refractivity contribution is 7.12. The lowest BCUT2D eigenvalue weighted by Crippen LogP contribution is -2.40. The summed E-state index contributed by atoms with van der Waals surface area (Å²) in [5, 5.41) is 5.22. The maximum Gasteiger partial charge on any atom is 0.113 e. The molecule has 0 bridgehead atoms. The van der Waals surface area contributed by atoms with E-state index in [4.69, 9.17) is 4.98 Å². The zero-order valence-corrected chi connectivity index (χ0v) is 12.4. The third-order valence-electron chi connectivity index (χ3n) is 4.48. The molecular weight excluding hydrogens is 240 g/mol. The second-order valence-corrected chi connectivity index (χ2v) is 7.18. The Balaban J connectivity index is 1.87. The number of thiazole rings is 1. The minimum atomic E-state index is 0.213. The van der Waals surface area contributed by atoms with Crippen molar-refractivity contribution in [2.75, 3.05) is 6.54 Å². The van der Waals surface area contributed by atoms with Crippen LogP contribution < -0.4 is 5.32 Å². The van der Waals surface area contributed by atoms with Crippen molar-refractivity contribution in [2.24, 2.45) is 5.92 Å². The van der Waals surface area contributed by atoms with E-state index in [0.717, 1.165) is 12.5 Å². The Labute approximate surface area is 114 Å². The van der Waals surface area contributed by atoms with E-state index in [1.165, 1.54) is 55.6 Å². The first-order valence-corrected chi connectivity index (χ1v) is 8.29. The summed E-state index contributed by atoms with van der Waals surface area (Å²) >= 11 is 2.00. The Hall–Kier alpha value is -0.410. The maximum absolute atomic E-state index is 4.99. The third kappa shape index (κ3) is 2.12. The van der Waals surface area contributed by atoms with Crippen LogP contribution in [0.4, 0.5) is 0 Å². The molecule has 1 aromatic rings. The molecule has 1 saturated carbocycles. The summed E-state index contributed by atoms with van der Waals surface area (Å²) in [5.74, 6) is 0.841. The van der Waals surface area contributed by atoms with Gasteiger partial charge in [0.05, 0.1) is 11.2 Å². The molecule has 0 saturated heterocycles. The second kappa shape index (κ2) is 4.93. The van der Waals surface area contributed by atoms with Crippen LogP contribution in [-0.4, -0.2) is 11.5 Å². The molecule has 3 heteroatoms. The molecule has 0 amide bonds. The Kier molecular flexibility index (Phi) is 3.46. The zero-order chi connectivity index (χ0) is 12.6. The summed E-state index contributed by atoms with van der Waals surface area (Å²) in [5.41, 5.74) is 1.62. The predicted molar refractivity (Wildman–Crippen MR) is 77.1 cm³/mol. The van der Waals surface area contributed by atoms with Crippen LogP contribution in [0.3, 0.4) is 0 Å². The smallest absolute Gasteiger partial charge is 0.113 e. The molecule has 2 nitrogen and oxygen atoms in total. The van der Waals surface area contributed by atoms with Gasteiger partial charge in [0.25, 0.3) is 0 Å². The average molecular weight is 264 g/mol. The number of rotatable bonds is 4. The number of nitrogens with zero attached hydrogens (tertiary/aromatic N) is 1. The number of aromatic nitrogens is 1. The molecule has 3 rings (SSSR count). The summed E-state index contributed by atoms with van der Waals surface area (Å²) in [7, 11) is 0. The van der Waals surface area contributed by atoms with Crippen LogP contribution in [0.5, 0.6) is 0 Å². The van der Waals surface area contributed by atoms with Crippen molar-refractivity contribution < 1.29 is 0 Å². The first-order valence-electron chi connectivity index (χ1n) is 7.47. The van der Waals surface area contributed by atoms with Gasteiger partial charge in [-0.3, -0.25) is 0 Å². The van der Waals surface area contributed by atoms with Crippen LogP contribution in [0.15, 0.2) is 0 Å². The van der Waals surface area contributed by atoms with Crippen molar-refractivity contribution in [3.8, 4) is 0 Å². The molecule has 2 aliphatic rings. The van der Waals surface area contributed by atoms with Crippen LogP contribution in [0, 0.1) is 5.92 Å². The fourth-order valence-electron chi connectivity index (χ4n) is 3.48. The highest BCUT2D eigenvalue weighted by atomic mass is 32.1. The van der Waals surface area contributed by atoms with Crippen molar-refractivity contribution in [3.63, 3.8) is 0 Å². The minimum absolute atomic E-state index is 0.213. The van der Waals surface area contributed by atoms with Crippen LogP contribution in [-0.2, 0) is 18.4 Å². The van der Waals surface area contributed by atoms with E-state index in [9.17, 15) is 0 Å². The number of fused-ring (bicyclic) bond motifs is 1. The lowest BCUT2D eigenvalue weighted by Gasteiger charge is -2.28. The van der Waals surface area contributed by atoms with E-state index in [1.807, 2.05) is 11.3 Å². The molecule has 1 fully saturated rings. The largest absolute Gasteiger partial charge is 0.305 e. The lowest BCUT2D eigenvalue weighted by molar-refractivity contribution is 0.330. The van der Waals surface area contributed by atoms with Crippen LogP contribution in [0.2, 0.25) is 0 Å². The van der Waals surface area contributed by atoms with E-state index in [0.29, 0.717) is 0 Å². The number of nitrogens with one attached hydrogen (secondary N) is 1. The van der Waals surface area contributed by atoms with E-state index >= 15 is 0 Å². The van der Waals surface area contributed by atoms with Gasteiger partial charge in [-0.05, 0) is 57.4 Å². The molecule has 2 atom stereocenters. The third-order valence-corrected chi connectivity index (χ3v) is 5.84. The molecule has 100 valence electrons. The minimum Gasteiger partial charge on any atom is -0.305 e. The highest BCUT2D eigenvalue weighted by Gasteiger charge is 2.41. The molecule has 1 N–H and O–H groups in total. The quantitative estimate of drug-likeness (QED) is 0.898. The second-order valence-electron chi connectivity index (χ2n) is 6.10. The van der Waals surface area contributed by atoms with Gasteiger partial charge in [0.1, 0.15) is 5.01 Å². The number of aryl methyl sites for hydroxylation is 2. The molecule has 0 radical (unpaired) electrons. The Bertz CT molecular complexity index is 405. The van der Waals surface area contributed by atoms with Crippen molar-refractivity contribution in [2.45, 2.75) is 64.3 Å². The van der Waals surface area contributed by atoms with Crippen molar-refractivity contribution >= 4 is 11.3 Å². The summed E-state index contributed by atoms with van der Waals surface area (Å²) < 4.78 is 0. The van der Waals surface area contributed by atoms with Gasteiger partial charge in [-0.1, -0.05) is 13.8 Å². The molecule has 18 heavy (non-hydrogen) atoms. The maximum atomic E-state index is 4.99. The summed E-state index contributed by atoms with van der Waals surface area (Å²) in [6.07, 6.45) is 8.92. The van der Waals surface area contributed by atoms with Gasteiger partial charge in [0, 0.05) is 4.88 Å². The summed E-state index contributed by atoms with van der Waals surface area (Å²) in [4.78, 5) is 6.56. The van der Waals surface area contributed by atoms with Crippen molar-refractivity contribution in [1.29, 1.82) is 0 Å². The monoisotopic (exact) mass is 264 g/mol. The van der Waals surface area contributed by atoms with E-state index in [1.54, 1.807) is 4.88 Å². The number of hydrogen-bond acceptors (Lipinski definition) is 3. The van der Waals surface area contributed by atoms with Crippen LogP contribution in [0.25, 0.3) is 0 Å². The van der Waals surface area contributed by atoms with Gasteiger partial charge in [-0.2, -0.15) is 0 Å². The molecule has 0 aliphatic heterocycles. The first-order chi connectivity index (χ1) is 8.73. The highest BCUT2D eigenvalue weighted by Crippen LogP contribution is 2.45. The fourth-order valence-corrected chi connectivity index (χ4v) is 4.84. The van der Waals surface area contributed by atoms with Gasteiger partial charge in [0.15, 0.2) is 0 Å². The Morgan fingerprint density at radius 1 is 1.44 bits per heavy atom. The lowest BCUT2D eigenvalue weighted by atomic mass is 9.96. The molecule has 2 aliphatic carbocycles. The molecule has 2 unspecified atom stereocenters. The van der Waals surface area contributed by atoms with Crippen LogP contribution >= 0.6 is 11.3 Å². The van der Waals surface area contributed by atoms with Gasteiger partial charge in [0.2, 0.25) is 0 Å². The van der Waals surface area contributed by atoms with E-state index in [-0.39, 0.29) is 5.54 Å². The van der Waals surface area contributed by atoms with Crippen molar-refractivity contribution in [1.82, 2.24) is 10.3 Å². The van der Waals surface area contributed by atoms with E-state index < -0.39 is 0 Å². The van der Waals surface area contributed by atoms with Gasteiger partial charge in [-0.25, -0.2) is 4.98 Å². The van der Waals surface area contributed by atoms with Crippen LogP contribution in [0.1, 0.15) is 61.5 Å². The Morgan fingerprint density at radius 2 is 2.33 bits per heavy atom. The number of hydrogen-bond donors (Lipinski definition) is 1. The normalized spacial score (nSPS) is 30.9. The predicted octanol–water partition coefficient (Wildman–Crippen LogP) is 3.65. The van der Waals surface area contributed by atoms with Crippen molar-refractivity contribution in [3.05, 3.63) is 15.6 Å². The molecule has 1 heterocycles. The van der Waals surface area contributed by atoms with E-state index in [2.05, 4.69) is 19.2 Å².